The maximum Gasteiger partial charge on any atom is 0.356 e. The van der Waals surface area contributed by atoms with Gasteiger partial charge in [0.1, 0.15) is 5.75 Å². The molecular formula is C24H24N6O5. The van der Waals surface area contributed by atoms with Gasteiger partial charge in [-0.25, -0.2) is 15.0 Å². The molecule has 2 aromatic carbocycles. The average molecular weight is 476 g/mol. The number of hydrazone groups is 1. The third kappa shape index (κ3) is 4.56. The minimum atomic E-state index is -1.25. The highest BCUT2D eigenvalue weighted by atomic mass is 16.5. The number of nitrogens with one attached hydrogen (secondary N) is 1. The lowest BCUT2D eigenvalue weighted by Crippen LogP contribution is -2.37. The summed E-state index contributed by atoms with van der Waals surface area (Å²) in [6.45, 7) is 0.344. The zero-order chi connectivity index (χ0) is 25.1. The number of anilines is 1. The van der Waals surface area contributed by atoms with Crippen molar-refractivity contribution in [2.75, 3.05) is 12.5 Å². The highest BCUT2D eigenvalue weighted by Crippen LogP contribution is 2.18. The van der Waals surface area contributed by atoms with Crippen molar-refractivity contribution < 1.29 is 14.6 Å². The summed E-state index contributed by atoms with van der Waals surface area (Å²) in [5, 5.41) is 13.8. The van der Waals surface area contributed by atoms with Gasteiger partial charge in [0.05, 0.1) is 7.11 Å². The van der Waals surface area contributed by atoms with Crippen LogP contribution in [0.2, 0.25) is 0 Å². The Hall–Kier alpha value is -4.67. The first-order valence-corrected chi connectivity index (χ1v) is 10.7. The van der Waals surface area contributed by atoms with Crippen LogP contribution in [-0.2, 0) is 31.9 Å². The Balaban J connectivity index is 1.81. The number of carbonyl (C=O) groups is 1. The number of ether oxygens (including phenoxy) is 1. The van der Waals surface area contributed by atoms with Crippen molar-refractivity contribution in [1.29, 1.82) is 0 Å². The Morgan fingerprint density at radius 2 is 1.74 bits per heavy atom. The first-order valence-electron chi connectivity index (χ1n) is 10.7. The molecule has 2 heterocycles. The number of nitrogens with zero attached hydrogens (tertiary/aromatic N) is 5. The van der Waals surface area contributed by atoms with E-state index in [0.29, 0.717) is 24.3 Å². The van der Waals surface area contributed by atoms with Crippen molar-refractivity contribution in [3.8, 4) is 5.75 Å². The van der Waals surface area contributed by atoms with Crippen molar-refractivity contribution in [1.82, 2.24) is 18.7 Å². The second-order valence-corrected chi connectivity index (χ2v) is 7.81. The molecule has 0 amide bonds. The number of hydrogen-bond donors (Lipinski definition) is 2. The SMILES string of the molecule is COc1ccc(/C(=N/Nc2nc3c(c(=O)n(C)c(=O)n3C)n2CCc2ccccc2)C(=O)O)cc1. The van der Waals surface area contributed by atoms with E-state index < -0.39 is 17.2 Å². The molecule has 0 aliphatic carbocycles. The van der Waals surface area contributed by atoms with Gasteiger partial charge >= 0.3 is 11.7 Å². The summed E-state index contributed by atoms with van der Waals surface area (Å²) >= 11 is 0. The quantitative estimate of drug-likeness (QED) is 0.291. The predicted molar refractivity (Wildman–Crippen MR) is 131 cm³/mol. The zero-order valence-corrected chi connectivity index (χ0v) is 19.4. The summed E-state index contributed by atoms with van der Waals surface area (Å²) < 4.78 is 9.01. The molecule has 2 aromatic heterocycles. The molecule has 0 unspecified atom stereocenters. The van der Waals surface area contributed by atoms with Crippen LogP contribution in [0.4, 0.5) is 5.95 Å². The Bertz CT molecular complexity index is 1530. The van der Waals surface area contributed by atoms with Gasteiger partial charge in [-0.3, -0.25) is 13.9 Å². The lowest BCUT2D eigenvalue weighted by molar-refractivity contribution is -0.129. The Morgan fingerprint density at radius 3 is 2.37 bits per heavy atom. The van der Waals surface area contributed by atoms with Crippen LogP contribution in [0.5, 0.6) is 5.75 Å². The summed E-state index contributed by atoms with van der Waals surface area (Å²) in [5.41, 5.74) is 3.20. The Morgan fingerprint density at radius 1 is 1.06 bits per heavy atom. The first-order chi connectivity index (χ1) is 16.8. The molecule has 11 nitrogen and oxygen atoms in total. The molecule has 0 bridgehead atoms. The molecule has 11 heteroatoms. The third-order valence-electron chi connectivity index (χ3n) is 5.65. The lowest BCUT2D eigenvalue weighted by Gasteiger charge is -2.10. The van der Waals surface area contributed by atoms with Gasteiger partial charge in [0.15, 0.2) is 16.9 Å². The Kier molecular flexibility index (Phi) is 6.49. The number of benzene rings is 2. The van der Waals surface area contributed by atoms with Crippen LogP contribution in [0.3, 0.4) is 0 Å². The largest absolute Gasteiger partial charge is 0.497 e. The van der Waals surface area contributed by atoms with Crippen LogP contribution in [0.15, 0.2) is 69.3 Å². The molecule has 0 atom stereocenters. The van der Waals surface area contributed by atoms with Gasteiger partial charge in [-0.15, -0.1) is 0 Å². The van der Waals surface area contributed by atoms with E-state index in [2.05, 4.69) is 15.5 Å². The highest BCUT2D eigenvalue weighted by molar-refractivity contribution is 6.42. The number of rotatable bonds is 8. The molecule has 2 N–H and O–H groups in total. The van der Waals surface area contributed by atoms with Gasteiger partial charge in [0.25, 0.3) is 5.56 Å². The summed E-state index contributed by atoms with van der Waals surface area (Å²) in [5.74, 6) is -0.537. The Labute approximate surface area is 199 Å². The number of methoxy groups -OCH3 is 1. The smallest absolute Gasteiger partial charge is 0.356 e. The van der Waals surface area contributed by atoms with Crippen LogP contribution >= 0.6 is 0 Å². The van der Waals surface area contributed by atoms with Crippen molar-refractivity contribution in [3.05, 3.63) is 86.6 Å². The fourth-order valence-corrected chi connectivity index (χ4v) is 3.73. The summed E-state index contributed by atoms with van der Waals surface area (Å²) in [6.07, 6.45) is 0.570. The van der Waals surface area contributed by atoms with E-state index in [-0.39, 0.29) is 22.8 Å². The first kappa shape index (κ1) is 23.5. The molecule has 0 fully saturated rings. The standard InChI is InChI=1S/C24H24N6O5/c1-28-20-19(21(31)29(2)24(28)34)30(14-13-15-7-5-4-6-8-15)23(25-20)27-26-18(22(32)33)16-9-11-17(35-3)12-10-16/h4-12H,13-14H2,1-3H3,(H,25,27)(H,32,33)/b26-18-. The number of carboxylic acid groups (broad SMARTS) is 1. The second kappa shape index (κ2) is 9.67. The average Bonchev–Trinajstić information content (AvgIpc) is 3.24. The lowest BCUT2D eigenvalue weighted by atomic mass is 10.1. The van der Waals surface area contributed by atoms with E-state index in [1.165, 1.54) is 25.8 Å². The van der Waals surface area contributed by atoms with Gasteiger partial charge in [0.2, 0.25) is 5.95 Å². The molecule has 0 saturated heterocycles. The van der Waals surface area contributed by atoms with Crippen molar-refractivity contribution in [2.45, 2.75) is 13.0 Å². The van der Waals surface area contributed by atoms with Gasteiger partial charge < -0.3 is 14.4 Å². The van der Waals surface area contributed by atoms with Crippen molar-refractivity contribution in [3.63, 3.8) is 0 Å². The number of hydrogen-bond acceptors (Lipinski definition) is 7. The fourth-order valence-electron chi connectivity index (χ4n) is 3.73. The predicted octanol–water partition coefficient (Wildman–Crippen LogP) is 1.59. The van der Waals surface area contributed by atoms with Crippen LogP contribution in [0.1, 0.15) is 11.1 Å². The van der Waals surface area contributed by atoms with E-state index in [9.17, 15) is 19.5 Å². The molecule has 0 radical (unpaired) electrons. The summed E-state index contributed by atoms with van der Waals surface area (Å²) in [7, 11) is 4.43. The maximum absolute atomic E-state index is 13.0. The molecule has 0 spiro atoms. The molecule has 4 rings (SSSR count). The minimum absolute atomic E-state index is 0.140. The number of aliphatic carboxylic acids is 1. The molecule has 0 aliphatic heterocycles. The van der Waals surface area contributed by atoms with E-state index in [0.717, 1.165) is 10.1 Å². The van der Waals surface area contributed by atoms with Crippen molar-refractivity contribution in [2.24, 2.45) is 19.2 Å². The van der Waals surface area contributed by atoms with Crippen LogP contribution < -0.4 is 21.4 Å². The van der Waals surface area contributed by atoms with Gasteiger partial charge in [0, 0.05) is 26.2 Å². The molecule has 0 saturated carbocycles. The van der Waals surface area contributed by atoms with E-state index in [1.54, 1.807) is 28.8 Å². The van der Waals surface area contributed by atoms with Crippen molar-refractivity contribution >= 4 is 28.8 Å². The number of carboxylic acids is 1. The van der Waals surface area contributed by atoms with Crippen LogP contribution in [0.25, 0.3) is 11.2 Å². The maximum atomic E-state index is 13.0. The highest BCUT2D eigenvalue weighted by Gasteiger charge is 2.20. The van der Waals surface area contributed by atoms with E-state index in [1.807, 2.05) is 30.3 Å². The topological polar surface area (TPSA) is 133 Å². The van der Waals surface area contributed by atoms with Gasteiger partial charge in [-0.2, -0.15) is 10.1 Å². The fraction of sp³-hybridized carbons (Fsp3) is 0.208. The molecular weight excluding hydrogens is 452 g/mol. The van der Waals surface area contributed by atoms with Crippen LogP contribution in [0, 0.1) is 0 Å². The number of aryl methyl sites for hydroxylation is 3. The van der Waals surface area contributed by atoms with E-state index in [4.69, 9.17) is 4.74 Å². The monoisotopic (exact) mass is 476 g/mol. The third-order valence-corrected chi connectivity index (χ3v) is 5.65. The van der Waals surface area contributed by atoms with Crippen LogP contribution in [-0.4, -0.2) is 42.6 Å². The second-order valence-electron chi connectivity index (χ2n) is 7.81. The number of fused-ring (bicyclic) bond motifs is 1. The molecule has 180 valence electrons. The number of aromatic nitrogens is 4. The van der Waals surface area contributed by atoms with Gasteiger partial charge in [-0.05, 0) is 36.2 Å². The molecule has 0 aliphatic rings. The van der Waals surface area contributed by atoms with E-state index >= 15 is 0 Å². The normalized spacial score (nSPS) is 11.6. The summed E-state index contributed by atoms with van der Waals surface area (Å²) in [4.78, 5) is 41.8. The van der Waals surface area contributed by atoms with Gasteiger partial charge in [-0.1, -0.05) is 30.3 Å². The zero-order valence-electron chi connectivity index (χ0n) is 19.4. The molecule has 4 aromatic rings. The molecule has 35 heavy (non-hydrogen) atoms. The number of imidazole rings is 1. The minimum Gasteiger partial charge on any atom is -0.497 e. The summed E-state index contributed by atoms with van der Waals surface area (Å²) in [6, 6.07) is 16.1.